The number of nitrogens with one attached hydrogen (secondary N) is 1. The fourth-order valence-corrected chi connectivity index (χ4v) is 2.39. The van der Waals surface area contributed by atoms with Gasteiger partial charge in [0.25, 0.3) is 0 Å². The highest BCUT2D eigenvalue weighted by Gasteiger charge is 2.06. The average Bonchev–Trinajstić information content (AvgIpc) is 2.48. The molecular weight excluding hydrogens is 256 g/mol. The Bertz CT molecular complexity index is 398. The van der Waals surface area contributed by atoms with Crippen LogP contribution in [0.2, 0.25) is 0 Å². The molecule has 0 aromatic heterocycles. The quantitative estimate of drug-likeness (QED) is 0.489. The zero-order chi connectivity index (χ0) is 15.5. The highest BCUT2D eigenvalue weighted by molar-refractivity contribution is 5.25. The molecule has 0 fully saturated rings. The predicted molar refractivity (Wildman–Crippen MR) is 93.7 cm³/mol. The smallest absolute Gasteiger partial charge is 0.0240 e. The molecule has 1 unspecified atom stereocenters. The van der Waals surface area contributed by atoms with Crippen molar-refractivity contribution >= 4 is 0 Å². The van der Waals surface area contributed by atoms with Gasteiger partial charge < -0.3 is 5.32 Å². The van der Waals surface area contributed by atoms with Gasteiger partial charge in [-0.15, -0.1) is 13.2 Å². The fourth-order valence-electron chi connectivity index (χ4n) is 2.39. The molecule has 2 heteroatoms. The van der Waals surface area contributed by atoms with Gasteiger partial charge in [-0.2, -0.15) is 0 Å². The molecule has 0 aliphatic heterocycles. The molecule has 0 bridgehead atoms. The molecule has 0 saturated heterocycles. The number of benzene rings is 1. The van der Waals surface area contributed by atoms with E-state index in [9.17, 15) is 0 Å². The van der Waals surface area contributed by atoms with E-state index in [1.165, 1.54) is 17.5 Å². The monoisotopic (exact) mass is 286 g/mol. The Morgan fingerprint density at radius 1 is 1.14 bits per heavy atom. The van der Waals surface area contributed by atoms with Crippen LogP contribution in [0.15, 0.2) is 49.6 Å². The third kappa shape index (κ3) is 6.74. The second kappa shape index (κ2) is 10.4. The van der Waals surface area contributed by atoms with Crippen molar-refractivity contribution < 1.29 is 0 Å². The van der Waals surface area contributed by atoms with Crippen LogP contribution >= 0.6 is 0 Å². The van der Waals surface area contributed by atoms with Crippen LogP contribution in [0.5, 0.6) is 0 Å². The van der Waals surface area contributed by atoms with Crippen molar-refractivity contribution in [2.24, 2.45) is 0 Å². The molecule has 0 spiro atoms. The Kier molecular flexibility index (Phi) is 8.72. The summed E-state index contributed by atoms with van der Waals surface area (Å²) < 4.78 is 0. The molecule has 1 atom stereocenters. The summed E-state index contributed by atoms with van der Waals surface area (Å²) in [7, 11) is 0. The van der Waals surface area contributed by atoms with Gasteiger partial charge in [0.05, 0.1) is 0 Å². The molecule has 0 radical (unpaired) electrons. The highest BCUT2D eigenvalue weighted by Crippen LogP contribution is 2.16. The lowest BCUT2D eigenvalue weighted by molar-refractivity contribution is 0.328. The summed E-state index contributed by atoms with van der Waals surface area (Å²) in [5.74, 6) is 0.558. The van der Waals surface area contributed by atoms with Gasteiger partial charge >= 0.3 is 0 Å². The van der Waals surface area contributed by atoms with Crippen LogP contribution < -0.4 is 5.32 Å². The van der Waals surface area contributed by atoms with Crippen molar-refractivity contribution in [1.82, 2.24) is 10.2 Å². The topological polar surface area (TPSA) is 15.3 Å². The number of hydrogen-bond donors (Lipinski definition) is 1. The van der Waals surface area contributed by atoms with Crippen LogP contribution in [0.25, 0.3) is 0 Å². The van der Waals surface area contributed by atoms with Gasteiger partial charge in [-0.1, -0.05) is 50.3 Å². The first-order valence-corrected chi connectivity index (χ1v) is 7.95. The van der Waals surface area contributed by atoms with Crippen LogP contribution in [0.4, 0.5) is 0 Å². The van der Waals surface area contributed by atoms with Gasteiger partial charge in [-0.25, -0.2) is 0 Å². The second-order valence-electron chi connectivity index (χ2n) is 5.62. The summed E-state index contributed by atoms with van der Waals surface area (Å²) in [4.78, 5) is 2.32. The average molecular weight is 286 g/mol. The van der Waals surface area contributed by atoms with Gasteiger partial charge in [-0.05, 0) is 30.0 Å². The van der Waals surface area contributed by atoms with E-state index in [1.807, 2.05) is 12.2 Å². The molecular formula is C19H30N2. The molecule has 1 rings (SSSR count). The summed E-state index contributed by atoms with van der Waals surface area (Å²) in [5, 5.41) is 3.48. The van der Waals surface area contributed by atoms with E-state index in [4.69, 9.17) is 0 Å². The van der Waals surface area contributed by atoms with Crippen molar-refractivity contribution in [3.05, 3.63) is 60.7 Å². The van der Waals surface area contributed by atoms with E-state index in [0.717, 1.165) is 32.7 Å². The standard InChI is InChI=1S/C19H30N2/c1-5-12-20-15-17(4)19-10-8-18(9-11-19)16-21(13-6-2)14-7-3/h6-11,17,20H,2-3,5,12-16H2,1,4H3. The Morgan fingerprint density at radius 2 is 1.76 bits per heavy atom. The summed E-state index contributed by atoms with van der Waals surface area (Å²) in [6.07, 6.45) is 5.08. The molecule has 21 heavy (non-hydrogen) atoms. The normalized spacial score (nSPS) is 12.3. The van der Waals surface area contributed by atoms with Crippen molar-refractivity contribution in [2.75, 3.05) is 26.2 Å². The van der Waals surface area contributed by atoms with Crippen molar-refractivity contribution in [2.45, 2.75) is 32.7 Å². The van der Waals surface area contributed by atoms with Crippen molar-refractivity contribution in [1.29, 1.82) is 0 Å². The molecule has 1 aromatic carbocycles. The first kappa shape index (κ1) is 17.7. The second-order valence-corrected chi connectivity index (χ2v) is 5.62. The minimum Gasteiger partial charge on any atom is -0.316 e. The molecule has 0 amide bonds. The molecule has 0 aliphatic rings. The highest BCUT2D eigenvalue weighted by atomic mass is 15.1. The zero-order valence-electron chi connectivity index (χ0n) is 13.6. The Hall–Kier alpha value is -1.38. The van der Waals surface area contributed by atoms with E-state index in [1.54, 1.807) is 0 Å². The summed E-state index contributed by atoms with van der Waals surface area (Å²) in [5.41, 5.74) is 2.75. The number of nitrogens with zero attached hydrogens (tertiary/aromatic N) is 1. The van der Waals surface area contributed by atoms with Crippen LogP contribution in [0, 0.1) is 0 Å². The fraction of sp³-hybridized carbons (Fsp3) is 0.474. The minimum atomic E-state index is 0.558. The molecule has 116 valence electrons. The number of rotatable bonds is 11. The Balaban J connectivity index is 2.55. The molecule has 0 heterocycles. The molecule has 0 aliphatic carbocycles. The van der Waals surface area contributed by atoms with Crippen LogP contribution in [0.3, 0.4) is 0 Å². The maximum atomic E-state index is 3.81. The van der Waals surface area contributed by atoms with E-state index in [-0.39, 0.29) is 0 Å². The summed E-state index contributed by atoms with van der Waals surface area (Å²) in [6, 6.07) is 9.00. The SMILES string of the molecule is C=CCN(CC=C)Cc1ccc(C(C)CNCCC)cc1. The molecule has 1 aromatic rings. The van der Waals surface area contributed by atoms with Gasteiger partial charge in [0.15, 0.2) is 0 Å². The van der Waals surface area contributed by atoms with Gasteiger partial charge in [0.1, 0.15) is 0 Å². The first-order valence-electron chi connectivity index (χ1n) is 7.95. The molecule has 1 N–H and O–H groups in total. The van der Waals surface area contributed by atoms with E-state index < -0.39 is 0 Å². The maximum absolute atomic E-state index is 3.81. The van der Waals surface area contributed by atoms with Gasteiger partial charge in [-0.3, -0.25) is 4.90 Å². The Labute approximate surface area is 130 Å². The zero-order valence-corrected chi connectivity index (χ0v) is 13.6. The van der Waals surface area contributed by atoms with Gasteiger partial charge in [0.2, 0.25) is 0 Å². The lowest BCUT2D eigenvalue weighted by Crippen LogP contribution is -2.23. The van der Waals surface area contributed by atoms with Gasteiger partial charge in [0, 0.05) is 26.2 Å². The van der Waals surface area contributed by atoms with Crippen LogP contribution in [-0.2, 0) is 6.54 Å². The lowest BCUT2D eigenvalue weighted by Gasteiger charge is -2.19. The summed E-state index contributed by atoms with van der Waals surface area (Å²) in [6.45, 7) is 17.0. The van der Waals surface area contributed by atoms with E-state index >= 15 is 0 Å². The minimum absolute atomic E-state index is 0.558. The van der Waals surface area contributed by atoms with Crippen LogP contribution in [-0.4, -0.2) is 31.1 Å². The number of hydrogen-bond acceptors (Lipinski definition) is 2. The first-order chi connectivity index (χ1) is 10.2. The van der Waals surface area contributed by atoms with Crippen molar-refractivity contribution in [3.8, 4) is 0 Å². The molecule has 2 nitrogen and oxygen atoms in total. The van der Waals surface area contributed by atoms with E-state index in [0.29, 0.717) is 5.92 Å². The predicted octanol–water partition coefficient (Wildman–Crippen LogP) is 3.96. The third-order valence-corrected chi connectivity index (χ3v) is 3.61. The summed E-state index contributed by atoms with van der Waals surface area (Å²) >= 11 is 0. The maximum Gasteiger partial charge on any atom is 0.0240 e. The molecule has 0 saturated carbocycles. The Morgan fingerprint density at radius 3 is 2.29 bits per heavy atom. The van der Waals surface area contributed by atoms with E-state index in [2.05, 4.69) is 61.5 Å². The third-order valence-electron chi connectivity index (χ3n) is 3.61. The van der Waals surface area contributed by atoms with Crippen molar-refractivity contribution in [3.63, 3.8) is 0 Å². The lowest BCUT2D eigenvalue weighted by atomic mass is 9.99. The largest absolute Gasteiger partial charge is 0.316 e. The van der Waals surface area contributed by atoms with Crippen LogP contribution in [0.1, 0.15) is 37.3 Å².